The lowest BCUT2D eigenvalue weighted by atomic mass is 10.0. The third-order valence-corrected chi connectivity index (χ3v) is 6.12. The van der Waals surface area contributed by atoms with Gasteiger partial charge in [-0.1, -0.05) is 24.3 Å². The number of nitriles is 1. The number of nitrogens with zero attached hydrogens (tertiary/aromatic N) is 2. The lowest BCUT2D eigenvalue weighted by molar-refractivity contribution is -0.138. The average molecular weight is 441 g/mol. The van der Waals surface area contributed by atoms with Gasteiger partial charge in [0.25, 0.3) is 0 Å². The molecule has 7 nitrogen and oxygen atoms in total. The molecule has 3 aromatic rings. The predicted molar refractivity (Wildman–Crippen MR) is 124 cm³/mol. The third-order valence-electron chi connectivity index (χ3n) is 6.12. The van der Waals surface area contributed by atoms with Crippen LogP contribution in [0, 0.1) is 11.3 Å². The highest BCUT2D eigenvalue weighted by Crippen LogP contribution is 2.44. The summed E-state index contributed by atoms with van der Waals surface area (Å²) < 4.78 is 11.7. The molecule has 0 radical (unpaired) electrons. The molecule has 2 heterocycles. The van der Waals surface area contributed by atoms with E-state index >= 15 is 0 Å². The number of anilines is 3. The number of carbonyl (C=O) groups is 1. The van der Waals surface area contributed by atoms with Crippen LogP contribution < -0.4 is 19.7 Å². The number of fused-ring (bicyclic) bond motifs is 2. The number of hydrogen-bond donors (Lipinski definition) is 2. The first kappa shape index (κ1) is 20.7. The highest BCUT2D eigenvalue weighted by Gasteiger charge is 2.32. The minimum absolute atomic E-state index is 0.0566. The summed E-state index contributed by atoms with van der Waals surface area (Å²) in [5.74, 6) is -0.0648. The monoisotopic (exact) mass is 441 g/mol. The van der Waals surface area contributed by atoms with E-state index in [-0.39, 0.29) is 12.6 Å². The van der Waals surface area contributed by atoms with E-state index in [1.807, 2.05) is 54.6 Å². The van der Waals surface area contributed by atoms with Crippen molar-refractivity contribution in [2.75, 3.05) is 30.0 Å². The van der Waals surface area contributed by atoms with Crippen molar-refractivity contribution in [3.8, 4) is 17.6 Å². The molecule has 3 aromatic carbocycles. The Morgan fingerprint density at radius 2 is 1.97 bits per heavy atom. The molecule has 2 aliphatic rings. The van der Waals surface area contributed by atoms with Gasteiger partial charge < -0.3 is 24.8 Å². The third kappa shape index (κ3) is 3.70. The molecule has 7 heteroatoms. The zero-order valence-corrected chi connectivity index (χ0v) is 18.1. The lowest BCUT2D eigenvalue weighted by Crippen LogP contribution is -2.16. The van der Waals surface area contributed by atoms with Crippen molar-refractivity contribution >= 4 is 23.0 Å². The molecule has 0 saturated carbocycles. The van der Waals surface area contributed by atoms with Crippen LogP contribution in [0.2, 0.25) is 0 Å². The summed E-state index contributed by atoms with van der Waals surface area (Å²) in [6, 6.07) is 21.3. The van der Waals surface area contributed by atoms with E-state index in [0.717, 1.165) is 34.9 Å². The van der Waals surface area contributed by atoms with Crippen LogP contribution in [0.25, 0.3) is 0 Å². The quantitative estimate of drug-likeness (QED) is 0.566. The van der Waals surface area contributed by atoms with Crippen LogP contribution in [-0.2, 0) is 4.79 Å². The number of benzene rings is 3. The maximum Gasteiger partial charge on any atom is 0.314 e. The molecule has 0 aliphatic carbocycles. The molecule has 33 heavy (non-hydrogen) atoms. The van der Waals surface area contributed by atoms with Gasteiger partial charge in [-0.2, -0.15) is 5.26 Å². The van der Waals surface area contributed by atoms with Gasteiger partial charge >= 0.3 is 5.97 Å². The Bertz CT molecular complexity index is 1270. The summed E-state index contributed by atoms with van der Waals surface area (Å²) in [5.41, 5.74) is 5.11. The molecule has 2 atom stereocenters. The molecular weight excluding hydrogens is 418 g/mol. The summed E-state index contributed by atoms with van der Waals surface area (Å²) in [4.78, 5) is 13.5. The molecule has 0 spiro atoms. The fraction of sp³-hybridized carbons (Fsp3) is 0.231. The Balaban J connectivity index is 1.42. The van der Waals surface area contributed by atoms with E-state index in [2.05, 4.69) is 23.2 Å². The van der Waals surface area contributed by atoms with Gasteiger partial charge in [0.15, 0.2) is 0 Å². The van der Waals surface area contributed by atoms with Crippen LogP contribution in [0.3, 0.4) is 0 Å². The van der Waals surface area contributed by atoms with E-state index in [1.54, 1.807) is 6.07 Å². The van der Waals surface area contributed by atoms with Gasteiger partial charge in [-0.15, -0.1) is 0 Å². The van der Waals surface area contributed by atoms with Crippen LogP contribution in [0.15, 0.2) is 60.7 Å². The second-order valence-corrected chi connectivity index (χ2v) is 8.06. The second kappa shape index (κ2) is 8.40. The number of carboxylic acids is 1. The van der Waals surface area contributed by atoms with Crippen molar-refractivity contribution in [3.63, 3.8) is 0 Å². The summed E-state index contributed by atoms with van der Waals surface area (Å²) in [5, 5.41) is 22.1. The van der Waals surface area contributed by atoms with Crippen LogP contribution in [0.5, 0.6) is 11.5 Å². The first-order chi connectivity index (χ1) is 16.1. The number of hydrogen-bond acceptors (Lipinski definition) is 6. The van der Waals surface area contributed by atoms with Gasteiger partial charge in [-0.25, -0.2) is 0 Å². The molecule has 166 valence electrons. The van der Waals surface area contributed by atoms with Crippen molar-refractivity contribution < 1.29 is 19.4 Å². The Hall–Kier alpha value is -4.18. The highest BCUT2D eigenvalue weighted by atomic mass is 16.5. The molecule has 0 amide bonds. The molecule has 2 unspecified atom stereocenters. The molecule has 2 N–H and O–H groups in total. The molecule has 0 saturated heterocycles. The maximum atomic E-state index is 11.4. The van der Waals surface area contributed by atoms with E-state index < -0.39 is 11.9 Å². The largest absolute Gasteiger partial charge is 0.492 e. The van der Waals surface area contributed by atoms with E-state index in [1.165, 1.54) is 0 Å². The smallest absolute Gasteiger partial charge is 0.314 e. The van der Waals surface area contributed by atoms with Gasteiger partial charge in [0, 0.05) is 35.1 Å². The van der Waals surface area contributed by atoms with Gasteiger partial charge in [0.05, 0.1) is 23.4 Å². The number of ether oxygens (including phenoxy) is 2. The summed E-state index contributed by atoms with van der Waals surface area (Å²) >= 11 is 0. The topological polar surface area (TPSA) is 94.8 Å². The number of rotatable bonds is 6. The summed E-state index contributed by atoms with van der Waals surface area (Å²) in [6.07, 6.45) is 0. The minimum atomic E-state index is -0.874. The first-order valence-electron chi connectivity index (χ1n) is 10.9. The van der Waals surface area contributed by atoms with Crippen molar-refractivity contribution in [1.82, 2.24) is 0 Å². The predicted octanol–water partition coefficient (Wildman–Crippen LogP) is 4.82. The van der Waals surface area contributed by atoms with Crippen LogP contribution in [-0.4, -0.2) is 30.8 Å². The number of nitrogens with one attached hydrogen (secondary N) is 1. The summed E-state index contributed by atoms with van der Waals surface area (Å²) in [7, 11) is 0. The molecule has 0 bridgehead atoms. The molecular formula is C26H23N3O4. The van der Waals surface area contributed by atoms with Crippen molar-refractivity contribution in [2.24, 2.45) is 0 Å². The number of aliphatic carboxylic acids is 1. The zero-order valence-electron chi connectivity index (χ0n) is 18.1. The molecule has 0 aromatic heterocycles. The fourth-order valence-corrected chi connectivity index (χ4v) is 4.50. The van der Waals surface area contributed by atoms with Gasteiger partial charge in [0.2, 0.25) is 0 Å². The van der Waals surface area contributed by atoms with Crippen molar-refractivity contribution in [3.05, 3.63) is 77.4 Å². The maximum absolute atomic E-state index is 11.4. The van der Waals surface area contributed by atoms with Crippen molar-refractivity contribution in [1.29, 1.82) is 5.26 Å². The average Bonchev–Trinajstić information content (AvgIpc) is 3.44. The molecule has 2 aliphatic heterocycles. The zero-order chi connectivity index (χ0) is 22.9. The lowest BCUT2D eigenvalue weighted by Gasteiger charge is -2.25. The van der Waals surface area contributed by atoms with Crippen molar-refractivity contribution in [2.45, 2.75) is 18.9 Å². The Labute approximate surface area is 191 Å². The minimum Gasteiger partial charge on any atom is -0.492 e. The molecule has 0 fully saturated rings. The van der Waals surface area contributed by atoms with Gasteiger partial charge in [0.1, 0.15) is 30.6 Å². The van der Waals surface area contributed by atoms with E-state index in [0.29, 0.717) is 23.5 Å². The van der Waals surface area contributed by atoms with E-state index in [9.17, 15) is 15.2 Å². The Kier molecular flexibility index (Phi) is 5.27. The Morgan fingerprint density at radius 1 is 1.12 bits per heavy atom. The second-order valence-electron chi connectivity index (χ2n) is 8.06. The standard InChI is InChI=1S/C26H23N3O4/c1-2-29(18-6-3-5-16(11-18)13-27)23-8-4-7-20-22(15-33-25(20)23)28-17-9-10-19-21(26(30)31)14-32-24(19)12-17/h3-12,21-22,28H,2,14-15H2,1H3,(H,30,31). The first-order valence-corrected chi connectivity index (χ1v) is 10.9. The summed E-state index contributed by atoms with van der Waals surface area (Å²) in [6.45, 7) is 3.42. The number of para-hydroxylation sites is 1. The SMILES string of the molecule is CCN(c1cccc(C#N)c1)c1cccc2c1OCC2Nc1ccc2c(c1)OCC2C(=O)O. The van der Waals surface area contributed by atoms with E-state index in [4.69, 9.17) is 9.47 Å². The van der Waals surface area contributed by atoms with Crippen LogP contribution in [0.1, 0.15) is 35.6 Å². The Morgan fingerprint density at radius 3 is 2.76 bits per heavy atom. The van der Waals surface area contributed by atoms with Crippen LogP contribution in [0.4, 0.5) is 17.1 Å². The van der Waals surface area contributed by atoms with Crippen LogP contribution >= 0.6 is 0 Å². The normalized spacial score (nSPS) is 17.8. The molecule has 5 rings (SSSR count). The van der Waals surface area contributed by atoms with Gasteiger partial charge in [-0.05, 0) is 37.3 Å². The number of carboxylic acid groups (broad SMARTS) is 1. The fourth-order valence-electron chi connectivity index (χ4n) is 4.50. The highest BCUT2D eigenvalue weighted by molar-refractivity contribution is 5.79. The van der Waals surface area contributed by atoms with Gasteiger partial charge in [-0.3, -0.25) is 4.79 Å².